The first kappa shape index (κ1) is 11.0. The molecule has 0 atom stereocenters. The van der Waals surface area contributed by atoms with Crippen molar-refractivity contribution in [2.75, 3.05) is 10.6 Å². The smallest absolute Gasteiger partial charge is 0.211 e. The van der Waals surface area contributed by atoms with E-state index in [1.807, 2.05) is 24.3 Å². The van der Waals surface area contributed by atoms with E-state index in [9.17, 15) is 4.79 Å². The molecule has 1 aromatic rings. The lowest BCUT2D eigenvalue weighted by Gasteiger charge is -2.24. The molecule has 3 heteroatoms. The molecule has 2 N–H and O–H groups in total. The summed E-state index contributed by atoms with van der Waals surface area (Å²) in [5, 5.41) is 6.24. The van der Waals surface area contributed by atoms with E-state index in [1.165, 1.54) is 32.1 Å². The van der Waals surface area contributed by atoms with E-state index in [0.717, 1.165) is 17.8 Å². The van der Waals surface area contributed by atoms with Gasteiger partial charge in [0, 0.05) is 6.04 Å². The minimum Gasteiger partial charge on any atom is -0.381 e. The molecular formula is C13H18N2O. The highest BCUT2D eigenvalue weighted by Gasteiger charge is 2.13. The maximum Gasteiger partial charge on any atom is 0.211 e. The third-order valence-corrected chi connectivity index (χ3v) is 3.11. The largest absolute Gasteiger partial charge is 0.381 e. The Balaban J connectivity index is 2.04. The number of hydrogen-bond donors (Lipinski definition) is 2. The van der Waals surface area contributed by atoms with Crippen LogP contribution in [0.4, 0.5) is 11.4 Å². The molecular weight excluding hydrogens is 200 g/mol. The molecule has 1 amide bonds. The first-order valence-electron chi connectivity index (χ1n) is 5.96. The van der Waals surface area contributed by atoms with Crippen LogP contribution in [0.2, 0.25) is 0 Å². The van der Waals surface area contributed by atoms with Crippen LogP contribution in [0, 0.1) is 0 Å². The highest BCUT2D eigenvalue weighted by atomic mass is 16.1. The zero-order chi connectivity index (χ0) is 11.2. The molecule has 0 unspecified atom stereocenters. The van der Waals surface area contributed by atoms with Gasteiger partial charge in [0.15, 0.2) is 0 Å². The van der Waals surface area contributed by atoms with Gasteiger partial charge < -0.3 is 10.6 Å². The molecule has 1 aromatic carbocycles. The van der Waals surface area contributed by atoms with Crippen LogP contribution in [-0.4, -0.2) is 12.5 Å². The molecule has 0 aliphatic heterocycles. The first-order valence-corrected chi connectivity index (χ1v) is 5.96. The Labute approximate surface area is 96.2 Å². The second kappa shape index (κ2) is 5.54. The third-order valence-electron chi connectivity index (χ3n) is 3.11. The summed E-state index contributed by atoms with van der Waals surface area (Å²) in [7, 11) is 0. The fourth-order valence-electron chi connectivity index (χ4n) is 2.27. The average molecular weight is 218 g/mol. The molecule has 1 fully saturated rings. The molecule has 0 heterocycles. The number of amides is 1. The van der Waals surface area contributed by atoms with Crippen LogP contribution in [0.3, 0.4) is 0 Å². The summed E-state index contributed by atoms with van der Waals surface area (Å²) in [5.74, 6) is 0. The van der Waals surface area contributed by atoms with Crippen LogP contribution in [0.25, 0.3) is 0 Å². The van der Waals surface area contributed by atoms with Gasteiger partial charge in [-0.1, -0.05) is 31.4 Å². The van der Waals surface area contributed by atoms with Gasteiger partial charge in [0.25, 0.3) is 0 Å². The number of rotatable bonds is 4. The van der Waals surface area contributed by atoms with Crippen LogP contribution < -0.4 is 10.6 Å². The molecule has 0 aromatic heterocycles. The molecule has 0 spiro atoms. The van der Waals surface area contributed by atoms with Gasteiger partial charge in [-0.25, -0.2) is 0 Å². The number of benzene rings is 1. The standard InChI is InChI=1S/C13H18N2O/c16-10-14-12-8-4-5-9-13(12)15-11-6-2-1-3-7-11/h4-5,8-11,15H,1-3,6-7H2,(H,14,16). The molecule has 2 rings (SSSR count). The summed E-state index contributed by atoms with van der Waals surface area (Å²) in [4.78, 5) is 10.5. The van der Waals surface area contributed by atoms with E-state index >= 15 is 0 Å². The minimum absolute atomic E-state index is 0.559. The Kier molecular flexibility index (Phi) is 3.81. The lowest BCUT2D eigenvalue weighted by atomic mass is 9.95. The molecule has 3 nitrogen and oxygen atoms in total. The number of nitrogens with one attached hydrogen (secondary N) is 2. The summed E-state index contributed by atoms with van der Waals surface area (Å²) in [5.41, 5.74) is 1.89. The second-order valence-electron chi connectivity index (χ2n) is 4.29. The second-order valence-corrected chi connectivity index (χ2v) is 4.29. The van der Waals surface area contributed by atoms with Crippen molar-refractivity contribution in [2.24, 2.45) is 0 Å². The monoisotopic (exact) mass is 218 g/mol. The zero-order valence-electron chi connectivity index (χ0n) is 9.41. The molecule has 1 saturated carbocycles. The predicted molar refractivity (Wildman–Crippen MR) is 66.6 cm³/mol. The molecule has 1 aliphatic carbocycles. The van der Waals surface area contributed by atoms with Crippen LogP contribution >= 0.6 is 0 Å². The van der Waals surface area contributed by atoms with Gasteiger partial charge in [-0.05, 0) is 25.0 Å². The van der Waals surface area contributed by atoms with Crippen molar-refractivity contribution in [1.29, 1.82) is 0 Å². The lowest BCUT2D eigenvalue weighted by Crippen LogP contribution is -2.22. The normalized spacial score (nSPS) is 16.8. The van der Waals surface area contributed by atoms with Gasteiger partial charge in [0.1, 0.15) is 0 Å². The van der Waals surface area contributed by atoms with Crippen molar-refractivity contribution in [3.8, 4) is 0 Å². The number of carbonyl (C=O) groups is 1. The Morgan fingerprint density at radius 3 is 2.44 bits per heavy atom. The fourth-order valence-corrected chi connectivity index (χ4v) is 2.27. The van der Waals surface area contributed by atoms with E-state index in [2.05, 4.69) is 10.6 Å². The molecule has 0 radical (unpaired) electrons. The highest BCUT2D eigenvalue weighted by Crippen LogP contribution is 2.26. The van der Waals surface area contributed by atoms with Crippen molar-refractivity contribution >= 4 is 17.8 Å². The van der Waals surface area contributed by atoms with E-state index in [1.54, 1.807) is 0 Å². The van der Waals surface area contributed by atoms with Crippen LogP contribution in [0.15, 0.2) is 24.3 Å². The quantitative estimate of drug-likeness (QED) is 0.763. The summed E-state index contributed by atoms with van der Waals surface area (Å²) < 4.78 is 0. The van der Waals surface area contributed by atoms with Crippen LogP contribution in [0.5, 0.6) is 0 Å². The molecule has 1 aliphatic rings. The number of hydrogen-bond acceptors (Lipinski definition) is 2. The number of para-hydroxylation sites is 2. The van der Waals surface area contributed by atoms with Gasteiger partial charge in [-0.15, -0.1) is 0 Å². The van der Waals surface area contributed by atoms with Gasteiger partial charge in [-0.2, -0.15) is 0 Å². The maximum atomic E-state index is 10.5. The maximum absolute atomic E-state index is 10.5. The third kappa shape index (κ3) is 2.75. The van der Waals surface area contributed by atoms with Gasteiger partial charge >= 0.3 is 0 Å². The SMILES string of the molecule is O=CNc1ccccc1NC1CCCCC1. The van der Waals surface area contributed by atoms with Crippen molar-refractivity contribution in [3.05, 3.63) is 24.3 Å². The summed E-state index contributed by atoms with van der Waals surface area (Å²) in [6.45, 7) is 0. The van der Waals surface area contributed by atoms with Crippen LogP contribution in [-0.2, 0) is 4.79 Å². The topological polar surface area (TPSA) is 41.1 Å². The van der Waals surface area contributed by atoms with Crippen molar-refractivity contribution in [2.45, 2.75) is 38.1 Å². The van der Waals surface area contributed by atoms with Gasteiger partial charge in [0.2, 0.25) is 6.41 Å². The molecule has 0 bridgehead atoms. The van der Waals surface area contributed by atoms with E-state index in [4.69, 9.17) is 0 Å². The van der Waals surface area contributed by atoms with Gasteiger partial charge in [-0.3, -0.25) is 4.79 Å². The van der Waals surface area contributed by atoms with Gasteiger partial charge in [0.05, 0.1) is 11.4 Å². The molecule has 86 valence electrons. The average Bonchev–Trinajstić information content (AvgIpc) is 2.33. The molecule has 16 heavy (non-hydrogen) atoms. The van der Waals surface area contributed by atoms with Crippen molar-refractivity contribution < 1.29 is 4.79 Å². The van der Waals surface area contributed by atoms with Crippen molar-refractivity contribution in [1.82, 2.24) is 0 Å². The summed E-state index contributed by atoms with van der Waals surface area (Å²) in [6, 6.07) is 8.40. The summed E-state index contributed by atoms with van der Waals surface area (Å²) in [6.07, 6.45) is 7.15. The fraction of sp³-hybridized carbons (Fsp3) is 0.462. The Morgan fingerprint density at radius 1 is 1.06 bits per heavy atom. The Morgan fingerprint density at radius 2 is 1.75 bits per heavy atom. The number of carbonyl (C=O) groups excluding carboxylic acids is 1. The Hall–Kier alpha value is -1.51. The van der Waals surface area contributed by atoms with E-state index in [-0.39, 0.29) is 0 Å². The van der Waals surface area contributed by atoms with E-state index in [0.29, 0.717) is 6.04 Å². The zero-order valence-corrected chi connectivity index (χ0v) is 9.41. The number of anilines is 2. The first-order chi connectivity index (χ1) is 7.90. The predicted octanol–water partition coefficient (Wildman–Crippen LogP) is 3.00. The van der Waals surface area contributed by atoms with Crippen molar-refractivity contribution in [3.63, 3.8) is 0 Å². The summed E-state index contributed by atoms with van der Waals surface area (Å²) >= 11 is 0. The highest BCUT2D eigenvalue weighted by molar-refractivity contribution is 5.80. The van der Waals surface area contributed by atoms with E-state index < -0.39 is 0 Å². The minimum atomic E-state index is 0.559. The van der Waals surface area contributed by atoms with Crippen LogP contribution in [0.1, 0.15) is 32.1 Å². The lowest BCUT2D eigenvalue weighted by molar-refractivity contribution is -0.105. The molecule has 0 saturated heterocycles. The Bertz CT molecular complexity index is 346.